The van der Waals surface area contributed by atoms with E-state index in [0.29, 0.717) is 36.9 Å². The predicted molar refractivity (Wildman–Crippen MR) is 115 cm³/mol. The Bertz CT molecular complexity index is 871. The van der Waals surface area contributed by atoms with Gasteiger partial charge in [0.2, 0.25) is 11.8 Å². The maximum atomic E-state index is 13.2. The van der Waals surface area contributed by atoms with Crippen LogP contribution in [0.25, 0.3) is 0 Å². The Labute approximate surface area is 180 Å². The lowest BCUT2D eigenvalue weighted by Gasteiger charge is -2.21. The van der Waals surface area contributed by atoms with E-state index in [1.54, 1.807) is 17.0 Å². The van der Waals surface area contributed by atoms with Gasteiger partial charge in [0.25, 0.3) is 0 Å². The number of halogens is 1. The Morgan fingerprint density at radius 2 is 1.93 bits per heavy atom. The average Bonchev–Trinajstić information content (AvgIpc) is 3.02. The molecule has 162 valence electrons. The second-order valence-corrected chi connectivity index (χ2v) is 8.11. The summed E-state index contributed by atoms with van der Waals surface area (Å²) in [7, 11) is 0. The SMILES string of the molecule is CCN(C(=O)CSc1nnc(CN2CCCCCC2=O)n1CC)c1ccc(F)cc1. The van der Waals surface area contributed by atoms with Gasteiger partial charge in [-0.2, -0.15) is 0 Å². The average molecular weight is 434 g/mol. The molecular weight excluding hydrogens is 405 g/mol. The number of benzene rings is 1. The lowest BCUT2D eigenvalue weighted by atomic mass is 10.2. The first kappa shape index (κ1) is 22.3. The third kappa shape index (κ3) is 5.38. The molecule has 9 heteroatoms. The minimum Gasteiger partial charge on any atom is -0.335 e. The predicted octanol–water partition coefficient (Wildman–Crippen LogP) is 3.48. The molecule has 1 aliphatic heterocycles. The van der Waals surface area contributed by atoms with E-state index in [-0.39, 0.29) is 23.4 Å². The first-order valence-corrected chi connectivity index (χ1v) is 11.4. The van der Waals surface area contributed by atoms with Crippen molar-refractivity contribution in [2.24, 2.45) is 0 Å². The van der Waals surface area contributed by atoms with Crippen molar-refractivity contribution >= 4 is 29.3 Å². The van der Waals surface area contributed by atoms with Gasteiger partial charge in [0.05, 0.1) is 12.3 Å². The van der Waals surface area contributed by atoms with E-state index in [2.05, 4.69) is 10.2 Å². The molecule has 0 radical (unpaired) electrons. The van der Waals surface area contributed by atoms with E-state index < -0.39 is 0 Å². The van der Waals surface area contributed by atoms with Gasteiger partial charge in [-0.3, -0.25) is 9.59 Å². The number of hydrogen-bond donors (Lipinski definition) is 0. The number of amides is 2. The summed E-state index contributed by atoms with van der Waals surface area (Å²) in [5.41, 5.74) is 0.668. The summed E-state index contributed by atoms with van der Waals surface area (Å²) >= 11 is 1.33. The molecule has 7 nitrogen and oxygen atoms in total. The maximum Gasteiger partial charge on any atom is 0.237 e. The van der Waals surface area contributed by atoms with Crippen LogP contribution in [0.2, 0.25) is 0 Å². The molecule has 0 saturated carbocycles. The van der Waals surface area contributed by atoms with Gasteiger partial charge in [0, 0.05) is 31.7 Å². The van der Waals surface area contributed by atoms with Gasteiger partial charge in [-0.1, -0.05) is 18.2 Å². The Hall–Kier alpha value is -2.42. The van der Waals surface area contributed by atoms with Gasteiger partial charge in [-0.25, -0.2) is 4.39 Å². The molecule has 1 aromatic heterocycles. The summed E-state index contributed by atoms with van der Waals surface area (Å²) in [6.07, 6.45) is 3.62. The summed E-state index contributed by atoms with van der Waals surface area (Å²) in [5, 5.41) is 9.21. The molecule has 0 bridgehead atoms. The van der Waals surface area contributed by atoms with Crippen molar-refractivity contribution in [3.8, 4) is 0 Å². The van der Waals surface area contributed by atoms with E-state index in [9.17, 15) is 14.0 Å². The highest BCUT2D eigenvalue weighted by Crippen LogP contribution is 2.22. The van der Waals surface area contributed by atoms with E-state index in [4.69, 9.17) is 0 Å². The van der Waals surface area contributed by atoms with Crippen LogP contribution in [0, 0.1) is 5.82 Å². The molecule has 0 unspecified atom stereocenters. The summed E-state index contributed by atoms with van der Waals surface area (Å²) in [6.45, 7) is 6.24. The molecule has 2 aromatic rings. The van der Waals surface area contributed by atoms with Crippen LogP contribution < -0.4 is 4.90 Å². The molecule has 0 N–H and O–H groups in total. The molecular formula is C21H28FN5O2S. The third-order valence-electron chi connectivity index (χ3n) is 5.19. The third-order valence-corrected chi connectivity index (χ3v) is 6.15. The van der Waals surface area contributed by atoms with Crippen LogP contribution in [0.4, 0.5) is 10.1 Å². The number of carbonyl (C=O) groups excluding carboxylic acids is 2. The number of thioether (sulfide) groups is 1. The van der Waals surface area contributed by atoms with Gasteiger partial charge in [-0.15, -0.1) is 10.2 Å². The minimum atomic E-state index is -0.330. The molecule has 0 spiro atoms. The number of rotatable bonds is 8. The molecule has 1 aromatic carbocycles. The fourth-order valence-electron chi connectivity index (χ4n) is 3.56. The monoisotopic (exact) mass is 433 g/mol. The zero-order valence-electron chi connectivity index (χ0n) is 17.5. The Morgan fingerprint density at radius 3 is 2.63 bits per heavy atom. The summed E-state index contributed by atoms with van der Waals surface area (Å²) < 4.78 is 15.1. The van der Waals surface area contributed by atoms with Gasteiger partial charge in [0.1, 0.15) is 5.82 Å². The molecule has 2 heterocycles. The van der Waals surface area contributed by atoms with Crippen LogP contribution in [0.1, 0.15) is 45.4 Å². The van der Waals surface area contributed by atoms with Crippen LogP contribution in [0.5, 0.6) is 0 Å². The first-order chi connectivity index (χ1) is 14.5. The quantitative estimate of drug-likeness (QED) is 0.596. The first-order valence-electron chi connectivity index (χ1n) is 10.4. The lowest BCUT2D eigenvalue weighted by Crippen LogP contribution is -2.32. The van der Waals surface area contributed by atoms with Crippen molar-refractivity contribution in [3.63, 3.8) is 0 Å². The number of anilines is 1. The second kappa shape index (κ2) is 10.6. The fourth-order valence-corrected chi connectivity index (χ4v) is 4.46. The summed E-state index contributed by atoms with van der Waals surface area (Å²) in [5.74, 6) is 0.701. The van der Waals surface area contributed by atoms with Gasteiger partial charge >= 0.3 is 0 Å². The van der Waals surface area contributed by atoms with Crippen molar-refractivity contribution in [2.45, 2.75) is 57.8 Å². The van der Waals surface area contributed by atoms with Gasteiger partial charge in [-0.05, 0) is 51.0 Å². The smallest absolute Gasteiger partial charge is 0.237 e. The zero-order chi connectivity index (χ0) is 21.5. The highest BCUT2D eigenvalue weighted by molar-refractivity contribution is 7.99. The summed E-state index contributed by atoms with van der Waals surface area (Å²) in [6, 6.07) is 5.91. The van der Waals surface area contributed by atoms with Crippen molar-refractivity contribution in [1.29, 1.82) is 0 Å². The van der Waals surface area contributed by atoms with Crippen molar-refractivity contribution in [3.05, 3.63) is 35.9 Å². The fraction of sp³-hybridized carbons (Fsp3) is 0.524. The Morgan fingerprint density at radius 1 is 1.17 bits per heavy atom. The molecule has 1 fully saturated rings. The Kier molecular flexibility index (Phi) is 7.84. The molecule has 1 saturated heterocycles. The number of nitrogens with zero attached hydrogens (tertiary/aromatic N) is 5. The summed E-state index contributed by atoms with van der Waals surface area (Å²) in [4.78, 5) is 28.5. The number of carbonyl (C=O) groups is 2. The van der Waals surface area contributed by atoms with E-state index in [1.165, 1.54) is 23.9 Å². The van der Waals surface area contributed by atoms with Crippen molar-refractivity contribution in [2.75, 3.05) is 23.7 Å². The van der Waals surface area contributed by atoms with Crippen LogP contribution in [-0.2, 0) is 22.7 Å². The highest BCUT2D eigenvalue weighted by atomic mass is 32.2. The number of likely N-dealkylation sites (tertiary alicyclic amines) is 1. The molecule has 0 aliphatic carbocycles. The van der Waals surface area contributed by atoms with E-state index >= 15 is 0 Å². The molecule has 1 aliphatic rings. The van der Waals surface area contributed by atoms with Crippen molar-refractivity contribution < 1.29 is 14.0 Å². The van der Waals surface area contributed by atoms with Crippen LogP contribution >= 0.6 is 11.8 Å². The molecule has 30 heavy (non-hydrogen) atoms. The van der Waals surface area contributed by atoms with Crippen LogP contribution in [0.3, 0.4) is 0 Å². The van der Waals surface area contributed by atoms with E-state index in [1.807, 2.05) is 23.3 Å². The second-order valence-electron chi connectivity index (χ2n) is 7.17. The largest absolute Gasteiger partial charge is 0.335 e. The van der Waals surface area contributed by atoms with E-state index in [0.717, 1.165) is 31.6 Å². The van der Waals surface area contributed by atoms with Gasteiger partial charge in [0.15, 0.2) is 11.0 Å². The van der Waals surface area contributed by atoms with Crippen LogP contribution in [0.15, 0.2) is 29.4 Å². The normalized spacial score (nSPS) is 14.6. The number of aromatic nitrogens is 3. The van der Waals surface area contributed by atoms with Crippen LogP contribution in [-0.4, -0.2) is 50.3 Å². The maximum absolute atomic E-state index is 13.2. The Balaban J connectivity index is 1.65. The zero-order valence-corrected chi connectivity index (χ0v) is 18.3. The van der Waals surface area contributed by atoms with Crippen molar-refractivity contribution in [1.82, 2.24) is 19.7 Å². The van der Waals surface area contributed by atoms with Gasteiger partial charge < -0.3 is 14.4 Å². The standard InChI is InChI=1S/C21H28FN5O2S/c1-3-26(17-11-9-16(22)10-12-17)20(29)15-30-21-24-23-18(27(21)4-2)14-25-13-7-5-6-8-19(25)28/h9-12H,3-8,13-15H2,1-2H3. The molecule has 0 atom stereocenters. The minimum absolute atomic E-state index is 0.0796. The molecule has 3 rings (SSSR count). The topological polar surface area (TPSA) is 71.3 Å². The highest BCUT2D eigenvalue weighted by Gasteiger charge is 2.22. The molecule has 2 amide bonds. The number of hydrogen-bond acceptors (Lipinski definition) is 5. The lowest BCUT2D eigenvalue weighted by molar-refractivity contribution is -0.131.